The van der Waals surface area contributed by atoms with Gasteiger partial charge in [0.2, 0.25) is 5.91 Å². The highest BCUT2D eigenvalue weighted by molar-refractivity contribution is 7.64. The standard InChI is InChI=1S/C25H22ClF3N3O2P/c1-35(2)21-6-4-3-5-15(21)16-8-10-20(23(29)22(16)28)32-12-11-19(24(32)33)31-25(34)30-18-9-7-14(26)13-17(18)27/h3-10,13,19H,11-12H2,1-2H3,(H2,30,31,34). The quantitative estimate of drug-likeness (QED) is 0.424. The summed E-state index contributed by atoms with van der Waals surface area (Å²) in [6, 6.07) is 12.1. The second-order valence-corrected chi connectivity index (χ2v) is 10.9. The van der Waals surface area contributed by atoms with Crippen LogP contribution in [0.3, 0.4) is 0 Å². The van der Waals surface area contributed by atoms with Crippen LogP contribution in [0.4, 0.5) is 29.3 Å². The van der Waals surface area contributed by atoms with Crippen molar-refractivity contribution >= 4 is 48.1 Å². The molecule has 10 heteroatoms. The van der Waals surface area contributed by atoms with Gasteiger partial charge in [-0.15, -0.1) is 0 Å². The average molecular weight is 520 g/mol. The second kappa shape index (κ2) is 10.3. The van der Waals surface area contributed by atoms with E-state index in [-0.39, 0.29) is 34.9 Å². The van der Waals surface area contributed by atoms with Crippen molar-refractivity contribution in [2.45, 2.75) is 12.5 Å². The Hall–Kier alpha value is -3.09. The Morgan fingerprint density at radius 3 is 2.49 bits per heavy atom. The van der Waals surface area contributed by atoms with Gasteiger partial charge >= 0.3 is 6.03 Å². The first-order valence-electron chi connectivity index (χ1n) is 10.8. The molecule has 5 nitrogen and oxygen atoms in total. The van der Waals surface area contributed by atoms with Crippen molar-refractivity contribution in [2.24, 2.45) is 0 Å². The van der Waals surface area contributed by atoms with Gasteiger partial charge in [0, 0.05) is 17.1 Å². The summed E-state index contributed by atoms with van der Waals surface area (Å²) in [6.45, 7) is 4.15. The summed E-state index contributed by atoms with van der Waals surface area (Å²) in [7, 11) is -0.552. The van der Waals surface area contributed by atoms with Gasteiger partial charge in [-0.25, -0.2) is 18.0 Å². The van der Waals surface area contributed by atoms with E-state index >= 15 is 8.78 Å². The van der Waals surface area contributed by atoms with Gasteiger partial charge in [-0.3, -0.25) is 4.79 Å². The Labute approximate surface area is 207 Å². The molecule has 4 rings (SSSR count). The van der Waals surface area contributed by atoms with E-state index < -0.39 is 43.4 Å². The van der Waals surface area contributed by atoms with Crippen molar-refractivity contribution in [3.63, 3.8) is 0 Å². The zero-order chi connectivity index (χ0) is 25.3. The third kappa shape index (κ3) is 5.14. The van der Waals surface area contributed by atoms with Crippen LogP contribution in [0.25, 0.3) is 11.1 Å². The van der Waals surface area contributed by atoms with Gasteiger partial charge in [-0.1, -0.05) is 43.8 Å². The van der Waals surface area contributed by atoms with E-state index in [0.29, 0.717) is 5.56 Å². The summed E-state index contributed by atoms with van der Waals surface area (Å²) < 4.78 is 44.2. The summed E-state index contributed by atoms with van der Waals surface area (Å²) in [5, 5.41) is 5.88. The van der Waals surface area contributed by atoms with E-state index in [1.807, 2.05) is 25.5 Å². The van der Waals surface area contributed by atoms with Crippen LogP contribution in [-0.4, -0.2) is 37.9 Å². The first-order valence-corrected chi connectivity index (χ1v) is 13.4. The molecule has 1 aliphatic rings. The largest absolute Gasteiger partial charge is 0.326 e. The molecule has 1 unspecified atom stereocenters. The molecule has 1 saturated heterocycles. The molecule has 35 heavy (non-hydrogen) atoms. The number of amides is 3. The molecule has 0 aliphatic carbocycles. The maximum absolute atomic E-state index is 15.2. The van der Waals surface area contributed by atoms with Gasteiger partial charge < -0.3 is 15.5 Å². The minimum absolute atomic E-state index is 0.0839. The predicted octanol–water partition coefficient (Wildman–Crippen LogP) is 5.72. The number of benzene rings is 3. The average Bonchev–Trinajstić information content (AvgIpc) is 3.17. The van der Waals surface area contributed by atoms with E-state index in [9.17, 15) is 14.0 Å². The number of hydrogen-bond donors (Lipinski definition) is 2. The maximum atomic E-state index is 15.2. The van der Waals surface area contributed by atoms with Crippen LogP contribution in [0.15, 0.2) is 54.6 Å². The van der Waals surface area contributed by atoms with Crippen LogP contribution in [0.1, 0.15) is 6.42 Å². The molecule has 3 amide bonds. The molecule has 1 atom stereocenters. The van der Waals surface area contributed by atoms with E-state index in [0.717, 1.165) is 16.3 Å². The predicted molar refractivity (Wildman–Crippen MR) is 135 cm³/mol. The van der Waals surface area contributed by atoms with Crippen LogP contribution in [0.2, 0.25) is 5.02 Å². The fraction of sp³-hybridized carbons (Fsp3) is 0.200. The number of nitrogens with zero attached hydrogens (tertiary/aromatic N) is 1. The number of carbonyl (C=O) groups excluding carboxylic acids is 2. The second-order valence-electron chi connectivity index (χ2n) is 8.23. The number of carbonyl (C=O) groups is 2. The lowest BCUT2D eigenvalue weighted by Gasteiger charge is -2.20. The van der Waals surface area contributed by atoms with E-state index in [4.69, 9.17) is 11.6 Å². The van der Waals surface area contributed by atoms with E-state index in [1.165, 1.54) is 24.3 Å². The zero-order valence-electron chi connectivity index (χ0n) is 18.9. The zero-order valence-corrected chi connectivity index (χ0v) is 20.6. The van der Waals surface area contributed by atoms with Crippen LogP contribution in [0.5, 0.6) is 0 Å². The van der Waals surface area contributed by atoms with E-state index in [2.05, 4.69) is 10.6 Å². The Kier molecular flexibility index (Phi) is 7.33. The lowest BCUT2D eigenvalue weighted by atomic mass is 10.0. The topological polar surface area (TPSA) is 61.4 Å². The number of urea groups is 1. The lowest BCUT2D eigenvalue weighted by Crippen LogP contribution is -2.43. The molecule has 3 aromatic rings. The molecule has 1 heterocycles. The highest BCUT2D eigenvalue weighted by atomic mass is 35.5. The minimum atomic E-state index is -1.13. The van der Waals surface area contributed by atoms with Crippen LogP contribution in [0, 0.1) is 17.5 Å². The molecule has 2 N–H and O–H groups in total. The molecular formula is C25H22ClF3N3O2P. The van der Waals surface area contributed by atoms with Crippen molar-refractivity contribution in [2.75, 3.05) is 30.1 Å². The number of anilines is 2. The minimum Gasteiger partial charge on any atom is -0.326 e. The first kappa shape index (κ1) is 25.0. The third-order valence-corrected chi connectivity index (χ3v) is 7.31. The molecule has 1 aliphatic heterocycles. The Balaban J connectivity index is 1.51. The molecule has 0 spiro atoms. The Morgan fingerprint density at radius 2 is 1.77 bits per heavy atom. The summed E-state index contributed by atoms with van der Waals surface area (Å²) >= 11 is 5.70. The normalized spacial score (nSPS) is 15.6. The van der Waals surface area contributed by atoms with Crippen molar-refractivity contribution in [1.29, 1.82) is 0 Å². The van der Waals surface area contributed by atoms with Gasteiger partial charge in [0.05, 0.1) is 11.4 Å². The first-order chi connectivity index (χ1) is 16.7. The Bertz CT molecular complexity index is 1300. The van der Waals surface area contributed by atoms with Crippen LogP contribution in [-0.2, 0) is 4.79 Å². The van der Waals surface area contributed by atoms with Crippen molar-refractivity contribution in [1.82, 2.24) is 5.32 Å². The van der Waals surface area contributed by atoms with Gasteiger partial charge in [0.25, 0.3) is 0 Å². The fourth-order valence-electron chi connectivity index (χ4n) is 4.01. The molecule has 182 valence electrons. The van der Waals surface area contributed by atoms with Gasteiger partial charge in [0.15, 0.2) is 11.6 Å². The summed E-state index contributed by atoms with van der Waals surface area (Å²) in [6.07, 6.45) is 0.178. The number of nitrogens with one attached hydrogen (secondary N) is 2. The monoisotopic (exact) mass is 519 g/mol. The van der Waals surface area contributed by atoms with Gasteiger partial charge in [-0.2, -0.15) is 0 Å². The number of halogens is 4. The highest BCUT2D eigenvalue weighted by Gasteiger charge is 2.36. The van der Waals surface area contributed by atoms with Gasteiger partial charge in [0.1, 0.15) is 11.9 Å². The van der Waals surface area contributed by atoms with Crippen molar-refractivity contribution in [3.8, 4) is 11.1 Å². The third-order valence-electron chi connectivity index (χ3n) is 5.72. The van der Waals surface area contributed by atoms with E-state index in [1.54, 1.807) is 12.1 Å². The fourth-order valence-corrected chi connectivity index (χ4v) is 5.23. The van der Waals surface area contributed by atoms with Crippen molar-refractivity contribution in [3.05, 3.63) is 77.1 Å². The molecule has 0 radical (unpaired) electrons. The van der Waals surface area contributed by atoms with Crippen LogP contribution >= 0.6 is 19.5 Å². The number of rotatable bonds is 5. The summed E-state index contributed by atoms with van der Waals surface area (Å²) in [4.78, 5) is 26.3. The highest BCUT2D eigenvalue weighted by Crippen LogP contribution is 2.35. The Morgan fingerprint density at radius 1 is 1.03 bits per heavy atom. The maximum Gasteiger partial charge on any atom is 0.319 e. The smallest absolute Gasteiger partial charge is 0.319 e. The number of hydrogen-bond acceptors (Lipinski definition) is 2. The van der Waals surface area contributed by atoms with Crippen LogP contribution < -0.4 is 20.8 Å². The van der Waals surface area contributed by atoms with Crippen molar-refractivity contribution < 1.29 is 22.8 Å². The van der Waals surface area contributed by atoms with Gasteiger partial charge in [-0.05, 0) is 61.0 Å². The summed E-state index contributed by atoms with van der Waals surface area (Å²) in [5.74, 6) is -3.48. The molecule has 0 aromatic heterocycles. The molecule has 3 aromatic carbocycles. The molecular weight excluding hydrogens is 498 g/mol. The SMILES string of the molecule is CP(C)c1ccccc1-c1ccc(N2CCC(NC(=O)Nc3ccc(Cl)cc3F)C2=O)c(F)c1F. The molecule has 1 fully saturated rings. The molecule has 0 saturated carbocycles. The lowest BCUT2D eigenvalue weighted by molar-refractivity contribution is -0.118. The summed E-state index contributed by atoms with van der Waals surface area (Å²) in [5.41, 5.74) is 0.437. The molecule has 0 bridgehead atoms.